The minimum Gasteiger partial charge on any atom is -0.497 e. The predicted octanol–water partition coefficient (Wildman–Crippen LogP) is 3.43. The van der Waals surface area contributed by atoms with E-state index in [-0.39, 0.29) is 36.2 Å². The summed E-state index contributed by atoms with van der Waals surface area (Å²) in [5, 5.41) is 2.89. The van der Waals surface area contributed by atoms with Crippen LogP contribution >= 0.6 is 0 Å². The van der Waals surface area contributed by atoms with E-state index in [1.54, 1.807) is 42.3 Å². The van der Waals surface area contributed by atoms with E-state index in [4.69, 9.17) is 4.74 Å². The molecule has 1 atom stereocenters. The van der Waals surface area contributed by atoms with Crippen molar-refractivity contribution in [3.63, 3.8) is 0 Å². The topological polar surface area (TPSA) is 96.0 Å². The summed E-state index contributed by atoms with van der Waals surface area (Å²) in [6.07, 6.45) is 1.74. The summed E-state index contributed by atoms with van der Waals surface area (Å²) in [5.41, 5.74) is 0.879. The van der Waals surface area contributed by atoms with Crippen molar-refractivity contribution in [1.82, 2.24) is 14.5 Å². The van der Waals surface area contributed by atoms with Crippen LogP contribution in [-0.2, 0) is 26.2 Å². The Morgan fingerprint density at radius 3 is 2.26 bits per heavy atom. The lowest BCUT2D eigenvalue weighted by Gasteiger charge is -2.31. The van der Waals surface area contributed by atoms with Crippen LogP contribution in [0.5, 0.6) is 5.75 Å². The molecule has 0 spiro atoms. The molecular formula is C26H37N3O5S. The first-order valence-electron chi connectivity index (χ1n) is 12.0. The predicted molar refractivity (Wildman–Crippen MR) is 136 cm³/mol. The molecule has 0 saturated carbocycles. The molecule has 1 N–H and O–H groups in total. The van der Waals surface area contributed by atoms with E-state index in [2.05, 4.69) is 5.32 Å². The van der Waals surface area contributed by atoms with E-state index >= 15 is 0 Å². The van der Waals surface area contributed by atoms with Crippen LogP contribution in [0.1, 0.15) is 45.1 Å². The number of amides is 2. The zero-order valence-electron chi connectivity index (χ0n) is 21.1. The van der Waals surface area contributed by atoms with Gasteiger partial charge in [0.1, 0.15) is 11.8 Å². The van der Waals surface area contributed by atoms with E-state index < -0.39 is 16.1 Å². The molecule has 0 fully saturated rings. The van der Waals surface area contributed by atoms with Crippen LogP contribution in [0.15, 0.2) is 59.5 Å². The molecule has 0 saturated heterocycles. The van der Waals surface area contributed by atoms with Gasteiger partial charge >= 0.3 is 0 Å². The highest BCUT2D eigenvalue weighted by atomic mass is 32.2. The molecule has 35 heavy (non-hydrogen) atoms. The van der Waals surface area contributed by atoms with Gasteiger partial charge in [0, 0.05) is 33.1 Å². The Labute approximate surface area is 209 Å². The number of benzene rings is 2. The lowest BCUT2D eigenvalue weighted by molar-refractivity contribution is -0.141. The smallest absolute Gasteiger partial charge is 0.242 e. The number of rotatable bonds is 14. The molecular weight excluding hydrogens is 466 g/mol. The summed E-state index contributed by atoms with van der Waals surface area (Å²) < 4.78 is 32.0. The molecule has 0 heterocycles. The van der Waals surface area contributed by atoms with Crippen LogP contribution in [0, 0.1) is 0 Å². The molecule has 2 aromatic rings. The van der Waals surface area contributed by atoms with Crippen LogP contribution in [0.4, 0.5) is 0 Å². The van der Waals surface area contributed by atoms with Gasteiger partial charge < -0.3 is 15.0 Å². The zero-order valence-corrected chi connectivity index (χ0v) is 21.9. The molecule has 2 rings (SSSR count). The largest absolute Gasteiger partial charge is 0.497 e. The number of sulfonamides is 1. The Bertz CT molecular complexity index is 1040. The third kappa shape index (κ3) is 8.07. The van der Waals surface area contributed by atoms with Crippen molar-refractivity contribution in [2.75, 3.05) is 27.2 Å². The molecule has 0 aliphatic rings. The maximum absolute atomic E-state index is 13.3. The third-order valence-corrected chi connectivity index (χ3v) is 7.63. The van der Waals surface area contributed by atoms with E-state index in [0.29, 0.717) is 25.1 Å². The van der Waals surface area contributed by atoms with Gasteiger partial charge in [0.05, 0.1) is 12.0 Å². The number of nitrogens with one attached hydrogen (secondary N) is 1. The number of carbonyl (C=O) groups excluding carboxylic acids is 2. The summed E-state index contributed by atoms with van der Waals surface area (Å²) in [6.45, 7) is 4.87. The van der Waals surface area contributed by atoms with Crippen LogP contribution in [0.2, 0.25) is 0 Å². The van der Waals surface area contributed by atoms with Crippen molar-refractivity contribution in [3.05, 3.63) is 60.2 Å². The Morgan fingerprint density at radius 2 is 1.69 bits per heavy atom. The first-order chi connectivity index (χ1) is 16.7. The van der Waals surface area contributed by atoms with E-state index in [1.165, 1.54) is 11.4 Å². The molecule has 0 aromatic heterocycles. The highest BCUT2D eigenvalue weighted by Crippen LogP contribution is 2.18. The van der Waals surface area contributed by atoms with Gasteiger partial charge in [-0.2, -0.15) is 0 Å². The van der Waals surface area contributed by atoms with Gasteiger partial charge in [0.25, 0.3) is 0 Å². The number of nitrogens with zero attached hydrogens (tertiary/aromatic N) is 2. The average molecular weight is 504 g/mol. The first kappa shape index (κ1) is 28.3. The standard InChI is InChI=1S/C26H37N3O5S/c1-5-18-27-26(31)24(6-2)29(20-21-14-16-22(34-4)17-15-21)25(30)13-10-19-28(3)35(32,33)23-11-8-7-9-12-23/h7-9,11-12,14-17,24H,5-6,10,13,18-20H2,1-4H3,(H,27,31)/t24-/m0/s1. The molecule has 0 aliphatic heterocycles. The molecule has 0 bridgehead atoms. The molecule has 192 valence electrons. The fourth-order valence-corrected chi connectivity index (χ4v) is 4.93. The summed E-state index contributed by atoms with van der Waals surface area (Å²) >= 11 is 0. The quantitative estimate of drug-likeness (QED) is 0.426. The lowest BCUT2D eigenvalue weighted by Crippen LogP contribution is -2.49. The second kappa shape index (κ2) is 13.8. The van der Waals surface area contributed by atoms with Gasteiger partial charge in [-0.15, -0.1) is 0 Å². The Hall–Kier alpha value is -2.91. The minimum atomic E-state index is -3.62. The third-order valence-electron chi connectivity index (χ3n) is 5.76. The summed E-state index contributed by atoms with van der Waals surface area (Å²) in [6, 6.07) is 15.0. The van der Waals surface area contributed by atoms with Crippen molar-refractivity contribution in [2.24, 2.45) is 0 Å². The lowest BCUT2D eigenvalue weighted by atomic mass is 10.1. The van der Waals surface area contributed by atoms with Gasteiger partial charge in [-0.25, -0.2) is 12.7 Å². The summed E-state index contributed by atoms with van der Waals surface area (Å²) in [5.74, 6) is 0.340. The Morgan fingerprint density at radius 1 is 1.03 bits per heavy atom. The zero-order chi connectivity index (χ0) is 25.8. The van der Waals surface area contributed by atoms with Gasteiger partial charge in [-0.05, 0) is 49.1 Å². The SMILES string of the molecule is CCCNC(=O)[C@H](CC)N(Cc1ccc(OC)cc1)C(=O)CCCN(C)S(=O)(=O)c1ccccc1. The van der Waals surface area contributed by atoms with Gasteiger partial charge in [0.2, 0.25) is 21.8 Å². The summed E-state index contributed by atoms with van der Waals surface area (Å²) in [7, 11) is -0.527. The van der Waals surface area contributed by atoms with Gasteiger partial charge in [0.15, 0.2) is 0 Å². The second-order valence-corrected chi connectivity index (χ2v) is 10.4. The highest BCUT2D eigenvalue weighted by molar-refractivity contribution is 7.89. The van der Waals surface area contributed by atoms with Gasteiger partial charge in [-0.3, -0.25) is 9.59 Å². The fourth-order valence-electron chi connectivity index (χ4n) is 3.70. The average Bonchev–Trinajstić information content (AvgIpc) is 2.87. The molecule has 8 nitrogen and oxygen atoms in total. The van der Waals surface area contributed by atoms with Crippen LogP contribution < -0.4 is 10.1 Å². The van der Waals surface area contributed by atoms with E-state index in [9.17, 15) is 18.0 Å². The van der Waals surface area contributed by atoms with Crippen molar-refractivity contribution in [1.29, 1.82) is 0 Å². The monoisotopic (exact) mass is 503 g/mol. The maximum atomic E-state index is 13.3. The molecule has 2 amide bonds. The normalized spacial score (nSPS) is 12.3. The fraction of sp³-hybridized carbons (Fsp3) is 0.462. The molecule has 0 aliphatic carbocycles. The van der Waals surface area contributed by atoms with E-state index in [1.807, 2.05) is 38.1 Å². The number of methoxy groups -OCH3 is 1. The number of ether oxygens (including phenoxy) is 1. The molecule has 2 aromatic carbocycles. The Kier molecular flexibility index (Phi) is 11.2. The van der Waals surface area contributed by atoms with Crippen molar-refractivity contribution < 1.29 is 22.7 Å². The number of hydrogen-bond acceptors (Lipinski definition) is 5. The molecule has 0 radical (unpaired) electrons. The Balaban J connectivity index is 2.12. The van der Waals surface area contributed by atoms with Crippen LogP contribution in [0.25, 0.3) is 0 Å². The molecule has 9 heteroatoms. The van der Waals surface area contributed by atoms with Crippen molar-refractivity contribution in [3.8, 4) is 5.75 Å². The van der Waals surface area contributed by atoms with E-state index in [0.717, 1.165) is 12.0 Å². The van der Waals surface area contributed by atoms with Crippen molar-refractivity contribution in [2.45, 2.75) is 57.0 Å². The first-order valence-corrected chi connectivity index (χ1v) is 13.4. The van der Waals surface area contributed by atoms with Crippen LogP contribution in [-0.4, -0.2) is 62.7 Å². The molecule has 0 unspecified atom stereocenters. The van der Waals surface area contributed by atoms with Crippen LogP contribution in [0.3, 0.4) is 0 Å². The summed E-state index contributed by atoms with van der Waals surface area (Å²) in [4.78, 5) is 27.9. The minimum absolute atomic E-state index is 0.127. The second-order valence-electron chi connectivity index (χ2n) is 8.33. The number of hydrogen-bond donors (Lipinski definition) is 1. The van der Waals surface area contributed by atoms with Gasteiger partial charge in [-0.1, -0.05) is 44.2 Å². The van der Waals surface area contributed by atoms with Crippen molar-refractivity contribution >= 4 is 21.8 Å². The number of carbonyl (C=O) groups is 2. The maximum Gasteiger partial charge on any atom is 0.242 e. The highest BCUT2D eigenvalue weighted by Gasteiger charge is 2.28.